The van der Waals surface area contributed by atoms with Gasteiger partial charge in [-0.25, -0.2) is 4.79 Å². The lowest BCUT2D eigenvalue weighted by Crippen LogP contribution is -2.34. The molecule has 0 atom stereocenters. The van der Waals surface area contributed by atoms with E-state index in [-0.39, 0.29) is 5.97 Å². The number of nitrogens with zero attached hydrogens (tertiary/aromatic N) is 1. The first kappa shape index (κ1) is 13.8. The molecule has 1 heterocycles. The molecule has 0 N–H and O–H groups in total. The van der Waals surface area contributed by atoms with E-state index in [1.54, 1.807) is 0 Å². The molecule has 0 aliphatic carbocycles. The van der Waals surface area contributed by atoms with Crippen LogP contribution in [0.1, 0.15) is 25.3 Å². The largest absolute Gasteiger partial charge is 0.466 e. The van der Waals surface area contributed by atoms with Crippen LogP contribution in [0.5, 0.6) is 0 Å². The molecule has 0 spiro atoms. The third-order valence-electron chi connectivity index (χ3n) is 3.52. The Kier molecular flexibility index (Phi) is 4.74. The van der Waals surface area contributed by atoms with Crippen molar-refractivity contribution in [3.05, 3.63) is 41.5 Å². The Morgan fingerprint density at radius 3 is 2.68 bits per heavy atom. The summed E-state index contributed by atoms with van der Waals surface area (Å²) in [7, 11) is 1.46. The molecule has 0 aromatic heterocycles. The van der Waals surface area contributed by atoms with E-state index in [2.05, 4.69) is 24.0 Å². The monoisotopic (exact) mass is 259 g/mol. The van der Waals surface area contributed by atoms with Crippen molar-refractivity contribution in [2.75, 3.05) is 26.7 Å². The first-order valence-electron chi connectivity index (χ1n) is 6.84. The molecule has 1 aliphatic heterocycles. The molecule has 0 amide bonds. The van der Waals surface area contributed by atoms with Crippen molar-refractivity contribution in [3.8, 4) is 0 Å². The summed E-state index contributed by atoms with van der Waals surface area (Å²) in [6.45, 7) is 4.90. The number of methoxy groups -OCH3 is 1. The molecule has 3 heteroatoms. The van der Waals surface area contributed by atoms with Crippen LogP contribution in [0.25, 0.3) is 5.57 Å². The Morgan fingerprint density at radius 1 is 1.32 bits per heavy atom. The van der Waals surface area contributed by atoms with Crippen molar-refractivity contribution in [1.82, 2.24) is 4.90 Å². The highest BCUT2D eigenvalue weighted by atomic mass is 16.5. The molecule has 102 valence electrons. The maximum absolute atomic E-state index is 12.0. The zero-order chi connectivity index (χ0) is 13.7. The molecule has 1 aliphatic rings. The smallest absolute Gasteiger partial charge is 0.335 e. The molecule has 0 fully saturated rings. The highest BCUT2D eigenvalue weighted by Crippen LogP contribution is 2.28. The van der Waals surface area contributed by atoms with Gasteiger partial charge < -0.3 is 4.74 Å². The molecule has 0 saturated carbocycles. The lowest BCUT2D eigenvalue weighted by molar-refractivity contribution is -0.136. The highest BCUT2D eigenvalue weighted by molar-refractivity contribution is 5.98. The summed E-state index contributed by atoms with van der Waals surface area (Å²) in [6, 6.07) is 10.1. The van der Waals surface area contributed by atoms with Gasteiger partial charge in [-0.1, -0.05) is 37.3 Å². The fourth-order valence-electron chi connectivity index (χ4n) is 2.59. The number of ether oxygens (including phenoxy) is 1. The van der Waals surface area contributed by atoms with E-state index in [1.807, 2.05) is 18.2 Å². The zero-order valence-electron chi connectivity index (χ0n) is 11.7. The second-order valence-corrected chi connectivity index (χ2v) is 4.84. The number of carbonyl (C=O) groups is 1. The quantitative estimate of drug-likeness (QED) is 0.779. The summed E-state index contributed by atoms with van der Waals surface area (Å²) in [5, 5.41) is 0. The summed E-state index contributed by atoms with van der Waals surface area (Å²) in [6.07, 6.45) is 2.02. The van der Waals surface area contributed by atoms with Crippen LogP contribution in [0.3, 0.4) is 0 Å². The van der Waals surface area contributed by atoms with Gasteiger partial charge in [0.1, 0.15) is 0 Å². The Bertz CT molecular complexity index is 465. The fourth-order valence-corrected chi connectivity index (χ4v) is 2.59. The predicted octanol–water partition coefficient (Wildman–Crippen LogP) is 2.73. The van der Waals surface area contributed by atoms with Crippen LogP contribution in [0, 0.1) is 0 Å². The Balaban J connectivity index is 2.32. The van der Waals surface area contributed by atoms with Crippen LogP contribution in [-0.4, -0.2) is 37.6 Å². The van der Waals surface area contributed by atoms with Crippen molar-refractivity contribution in [2.45, 2.75) is 19.8 Å². The molecule has 0 saturated heterocycles. The van der Waals surface area contributed by atoms with Crippen molar-refractivity contribution in [2.24, 2.45) is 0 Å². The van der Waals surface area contributed by atoms with Crippen LogP contribution in [-0.2, 0) is 9.53 Å². The molecule has 3 nitrogen and oxygen atoms in total. The minimum atomic E-state index is -0.195. The van der Waals surface area contributed by atoms with Crippen molar-refractivity contribution in [1.29, 1.82) is 0 Å². The number of benzene rings is 1. The molecular weight excluding hydrogens is 238 g/mol. The normalized spacial score (nSPS) is 16.5. The summed E-state index contributed by atoms with van der Waals surface area (Å²) in [4.78, 5) is 14.3. The van der Waals surface area contributed by atoms with Crippen LogP contribution >= 0.6 is 0 Å². The van der Waals surface area contributed by atoms with Crippen LogP contribution in [0.2, 0.25) is 0 Å². The van der Waals surface area contributed by atoms with Gasteiger partial charge in [-0.2, -0.15) is 0 Å². The van der Waals surface area contributed by atoms with E-state index >= 15 is 0 Å². The molecule has 1 aromatic rings. The molecule has 19 heavy (non-hydrogen) atoms. The Morgan fingerprint density at radius 2 is 2.05 bits per heavy atom. The lowest BCUT2D eigenvalue weighted by atomic mass is 9.93. The highest BCUT2D eigenvalue weighted by Gasteiger charge is 2.24. The molecular formula is C16H21NO2. The van der Waals surface area contributed by atoms with Gasteiger partial charge in [-0.15, -0.1) is 0 Å². The maximum Gasteiger partial charge on any atom is 0.335 e. The van der Waals surface area contributed by atoms with E-state index < -0.39 is 0 Å². The summed E-state index contributed by atoms with van der Waals surface area (Å²) >= 11 is 0. The van der Waals surface area contributed by atoms with Gasteiger partial charge in [0.2, 0.25) is 0 Å². The van der Waals surface area contributed by atoms with E-state index in [4.69, 9.17) is 4.74 Å². The van der Waals surface area contributed by atoms with Crippen molar-refractivity contribution < 1.29 is 9.53 Å². The standard InChI is InChI=1S/C16H21NO2/c1-3-10-17-11-9-14(13-7-5-4-6-8-13)15(12-17)16(18)19-2/h4-8H,3,9-12H2,1-2H3. The fraction of sp³-hybridized carbons (Fsp3) is 0.438. The second-order valence-electron chi connectivity index (χ2n) is 4.84. The first-order chi connectivity index (χ1) is 9.26. The summed E-state index contributed by atoms with van der Waals surface area (Å²) < 4.78 is 4.94. The topological polar surface area (TPSA) is 29.5 Å². The molecule has 1 aromatic carbocycles. The zero-order valence-corrected chi connectivity index (χ0v) is 11.7. The van der Waals surface area contributed by atoms with E-state index in [1.165, 1.54) is 7.11 Å². The van der Waals surface area contributed by atoms with Crippen LogP contribution in [0.4, 0.5) is 0 Å². The summed E-state index contributed by atoms with van der Waals surface area (Å²) in [5.74, 6) is -0.195. The average molecular weight is 259 g/mol. The van der Waals surface area contributed by atoms with E-state index in [0.717, 1.165) is 42.6 Å². The third-order valence-corrected chi connectivity index (χ3v) is 3.52. The molecule has 0 radical (unpaired) electrons. The SMILES string of the molecule is CCCN1CCC(c2ccccc2)=C(C(=O)OC)C1. The minimum Gasteiger partial charge on any atom is -0.466 e. The number of hydrogen-bond donors (Lipinski definition) is 0. The van der Waals surface area contributed by atoms with Gasteiger partial charge in [-0.05, 0) is 30.5 Å². The van der Waals surface area contributed by atoms with Crippen LogP contribution < -0.4 is 0 Å². The number of rotatable bonds is 4. The Hall–Kier alpha value is -1.61. The van der Waals surface area contributed by atoms with E-state index in [0.29, 0.717) is 6.54 Å². The maximum atomic E-state index is 12.0. The average Bonchev–Trinajstić information content (AvgIpc) is 2.47. The van der Waals surface area contributed by atoms with Gasteiger partial charge in [0.15, 0.2) is 0 Å². The molecule has 0 bridgehead atoms. The van der Waals surface area contributed by atoms with Gasteiger partial charge >= 0.3 is 5.97 Å². The Labute approximate surface area is 114 Å². The first-order valence-corrected chi connectivity index (χ1v) is 6.84. The third kappa shape index (κ3) is 3.24. The van der Waals surface area contributed by atoms with Gasteiger partial charge in [-0.3, -0.25) is 4.90 Å². The van der Waals surface area contributed by atoms with Crippen molar-refractivity contribution in [3.63, 3.8) is 0 Å². The van der Waals surface area contributed by atoms with Gasteiger partial charge in [0.25, 0.3) is 0 Å². The lowest BCUT2D eigenvalue weighted by Gasteiger charge is -2.29. The number of esters is 1. The van der Waals surface area contributed by atoms with E-state index in [9.17, 15) is 4.79 Å². The molecule has 2 rings (SSSR count). The molecule has 0 unspecified atom stereocenters. The number of carbonyl (C=O) groups excluding carboxylic acids is 1. The minimum absolute atomic E-state index is 0.195. The predicted molar refractivity (Wildman–Crippen MR) is 76.7 cm³/mol. The van der Waals surface area contributed by atoms with Crippen molar-refractivity contribution >= 4 is 11.5 Å². The second kappa shape index (κ2) is 6.53. The van der Waals surface area contributed by atoms with Gasteiger partial charge in [0, 0.05) is 13.1 Å². The number of hydrogen-bond acceptors (Lipinski definition) is 3. The van der Waals surface area contributed by atoms with Crippen LogP contribution in [0.15, 0.2) is 35.9 Å². The summed E-state index contributed by atoms with van der Waals surface area (Å²) in [5.41, 5.74) is 3.09. The van der Waals surface area contributed by atoms with Gasteiger partial charge in [0.05, 0.1) is 12.7 Å².